The zero-order chi connectivity index (χ0) is 29.7. The van der Waals surface area contributed by atoms with E-state index >= 15 is 4.39 Å². The average Bonchev–Trinajstić information content (AvgIpc) is 3.43. The van der Waals surface area contributed by atoms with Crippen LogP contribution in [-0.4, -0.2) is 119 Å². The van der Waals surface area contributed by atoms with Crippen LogP contribution in [0.25, 0.3) is 0 Å². The van der Waals surface area contributed by atoms with E-state index < -0.39 is 12.2 Å². The molecule has 0 aromatic rings. The summed E-state index contributed by atoms with van der Waals surface area (Å²) in [7, 11) is 0. The fraction of sp³-hybridized carbons (Fsp3) is 0.800. The first-order chi connectivity index (χ1) is 20.2. The molecule has 3 amide bonds. The molecule has 0 aromatic heterocycles. The number of nitrogens with one attached hydrogen (secondary N) is 5. The molecule has 6 heterocycles. The average molecular weight is 588 g/mol. The van der Waals surface area contributed by atoms with Gasteiger partial charge in [0.05, 0.1) is 30.5 Å². The molecule has 5 saturated heterocycles. The predicted octanol–water partition coefficient (Wildman–Crippen LogP) is 0.743. The Hall–Kier alpha value is -2.09. The highest BCUT2D eigenvalue weighted by Gasteiger charge is 2.56. The SMILES string of the molecule is C=CC(=O)N1CC(C)N(C2NC(=O)N3C4NC(C(F)CC24)C2CNNN2C/C=C\CC2CCNC(C(C)C)C23)CC1C. The number of urea groups is 1. The Morgan fingerprint density at radius 3 is 2.74 bits per heavy atom. The van der Waals surface area contributed by atoms with Crippen molar-refractivity contribution in [1.29, 1.82) is 0 Å². The molecular formula is C30H50FN9O2. The van der Waals surface area contributed by atoms with Crippen LogP contribution in [0, 0.1) is 17.8 Å². The molecule has 12 heteroatoms. The van der Waals surface area contributed by atoms with Crippen LogP contribution in [0.2, 0.25) is 0 Å². The summed E-state index contributed by atoms with van der Waals surface area (Å²) in [6, 6.07) is -0.526. The van der Waals surface area contributed by atoms with Crippen molar-refractivity contribution in [3.8, 4) is 0 Å². The molecule has 42 heavy (non-hydrogen) atoms. The van der Waals surface area contributed by atoms with Gasteiger partial charge in [-0.15, -0.1) is 0 Å². The summed E-state index contributed by atoms with van der Waals surface area (Å²) in [6.07, 6.45) is 6.32. The number of alkyl halides is 1. The Labute approximate surface area is 249 Å². The van der Waals surface area contributed by atoms with Gasteiger partial charge < -0.3 is 20.4 Å². The second kappa shape index (κ2) is 12.1. The number of amides is 3. The van der Waals surface area contributed by atoms with Gasteiger partial charge in [0.25, 0.3) is 0 Å². The monoisotopic (exact) mass is 587 g/mol. The smallest absolute Gasteiger partial charge is 0.320 e. The standard InChI is InChI=1S/C30H50FN9O2/c1-6-24(41)37-15-19(5)38(16-18(37)4)28-21-13-22(31)26-23-14-33-36-39(23)12-8-7-9-20-10-11-32-25(17(2)3)27(20)40(29(21)34-26)30(42)35-28/h6-8,17-23,25-29,32-34,36H,1,9-16H2,2-5H3,(H,35,42)/b8-7-. The summed E-state index contributed by atoms with van der Waals surface area (Å²) in [6.45, 7) is 15.6. The second-order valence-corrected chi connectivity index (χ2v) is 13.6. The number of halogens is 1. The molecule has 2 bridgehead atoms. The highest BCUT2D eigenvalue weighted by molar-refractivity contribution is 5.87. The Morgan fingerprint density at radius 1 is 1.17 bits per heavy atom. The van der Waals surface area contributed by atoms with Crippen molar-refractivity contribution in [1.82, 2.24) is 46.6 Å². The largest absolute Gasteiger partial charge is 0.334 e. The number of nitrogens with zero attached hydrogens (tertiary/aromatic N) is 4. The molecule has 0 aromatic carbocycles. The van der Waals surface area contributed by atoms with Crippen LogP contribution in [0.3, 0.4) is 0 Å². The number of rotatable bonds is 3. The molecule has 0 radical (unpaired) electrons. The van der Waals surface area contributed by atoms with Gasteiger partial charge in [0, 0.05) is 50.2 Å². The minimum absolute atomic E-state index is 0.000324. The Bertz CT molecular complexity index is 1060. The van der Waals surface area contributed by atoms with Crippen molar-refractivity contribution in [2.24, 2.45) is 17.8 Å². The highest BCUT2D eigenvalue weighted by atomic mass is 19.1. The van der Waals surface area contributed by atoms with Crippen LogP contribution in [0.5, 0.6) is 0 Å². The molecule has 0 saturated carbocycles. The maximum Gasteiger partial charge on any atom is 0.320 e. The first-order valence-electron chi connectivity index (χ1n) is 16.0. The number of hydrogen-bond acceptors (Lipinski definition) is 8. The summed E-state index contributed by atoms with van der Waals surface area (Å²) >= 11 is 0. The molecule has 6 rings (SSSR count). The maximum absolute atomic E-state index is 16.4. The number of allylic oxidation sites excluding steroid dienone is 1. The zero-order valence-electron chi connectivity index (χ0n) is 25.5. The highest BCUT2D eigenvalue weighted by Crippen LogP contribution is 2.40. The second-order valence-electron chi connectivity index (χ2n) is 13.6. The summed E-state index contributed by atoms with van der Waals surface area (Å²) in [5.74, 6) is 0.400. The predicted molar refractivity (Wildman–Crippen MR) is 159 cm³/mol. The molecule has 234 valence electrons. The van der Waals surface area contributed by atoms with E-state index in [0.717, 1.165) is 19.4 Å². The molecule has 6 aliphatic heterocycles. The quantitative estimate of drug-likeness (QED) is 0.243. The van der Waals surface area contributed by atoms with Crippen molar-refractivity contribution in [2.75, 3.05) is 32.7 Å². The fourth-order valence-corrected chi connectivity index (χ4v) is 8.66. The maximum atomic E-state index is 16.4. The van der Waals surface area contributed by atoms with Crippen LogP contribution in [0.4, 0.5) is 9.18 Å². The van der Waals surface area contributed by atoms with Gasteiger partial charge in [-0.25, -0.2) is 19.6 Å². The van der Waals surface area contributed by atoms with Crippen molar-refractivity contribution < 1.29 is 14.0 Å². The van der Waals surface area contributed by atoms with Gasteiger partial charge in [0.2, 0.25) is 5.91 Å². The first kappa shape index (κ1) is 30.0. The Kier molecular flexibility index (Phi) is 8.65. The topological polar surface area (TPSA) is 107 Å². The van der Waals surface area contributed by atoms with Gasteiger partial charge in [-0.2, -0.15) is 5.53 Å². The third-order valence-corrected chi connectivity index (χ3v) is 10.8. The number of fused-ring (bicyclic) bond motifs is 5. The lowest BCUT2D eigenvalue weighted by molar-refractivity contribution is -0.136. The summed E-state index contributed by atoms with van der Waals surface area (Å²) in [4.78, 5) is 33.2. The Morgan fingerprint density at radius 2 is 1.98 bits per heavy atom. The number of carbonyl (C=O) groups excluding carboxylic acids is 2. The van der Waals surface area contributed by atoms with Crippen LogP contribution in [0.1, 0.15) is 47.0 Å². The summed E-state index contributed by atoms with van der Waals surface area (Å²) in [5.41, 5.74) is 6.46. The van der Waals surface area contributed by atoms with Crippen LogP contribution < -0.4 is 26.9 Å². The van der Waals surface area contributed by atoms with E-state index in [-0.39, 0.29) is 60.4 Å². The molecular weight excluding hydrogens is 537 g/mol. The van der Waals surface area contributed by atoms with Crippen LogP contribution >= 0.6 is 0 Å². The fourth-order valence-electron chi connectivity index (χ4n) is 8.66. The van der Waals surface area contributed by atoms with E-state index in [9.17, 15) is 9.59 Å². The molecule has 11 unspecified atom stereocenters. The number of carbonyl (C=O) groups is 2. The van der Waals surface area contributed by atoms with Crippen molar-refractivity contribution in [3.05, 3.63) is 24.8 Å². The van der Waals surface area contributed by atoms with Gasteiger partial charge in [-0.1, -0.05) is 32.6 Å². The third kappa shape index (κ3) is 5.28. The number of hydrazine groups is 2. The van der Waals surface area contributed by atoms with Crippen LogP contribution in [-0.2, 0) is 4.79 Å². The van der Waals surface area contributed by atoms with E-state index in [0.29, 0.717) is 44.4 Å². The number of piperidine rings is 2. The van der Waals surface area contributed by atoms with Gasteiger partial charge in [0.1, 0.15) is 6.17 Å². The van der Waals surface area contributed by atoms with Gasteiger partial charge in [-0.05, 0) is 57.6 Å². The molecule has 5 N–H and O–H groups in total. The number of hydrogen-bond donors (Lipinski definition) is 5. The summed E-state index contributed by atoms with van der Waals surface area (Å²) < 4.78 is 16.4. The Balaban J connectivity index is 1.38. The lowest BCUT2D eigenvalue weighted by Crippen LogP contribution is -2.80. The molecule has 6 aliphatic rings. The van der Waals surface area contributed by atoms with E-state index in [4.69, 9.17) is 0 Å². The minimum atomic E-state index is -1.08. The lowest BCUT2D eigenvalue weighted by atomic mass is 9.76. The minimum Gasteiger partial charge on any atom is -0.334 e. The van der Waals surface area contributed by atoms with Gasteiger partial charge >= 0.3 is 6.03 Å². The van der Waals surface area contributed by atoms with E-state index in [2.05, 4.69) is 81.2 Å². The molecule has 5 fully saturated rings. The van der Waals surface area contributed by atoms with Crippen LogP contribution in [0.15, 0.2) is 24.8 Å². The molecule has 11 atom stereocenters. The first-order valence-corrected chi connectivity index (χ1v) is 16.0. The zero-order valence-corrected chi connectivity index (χ0v) is 25.5. The van der Waals surface area contributed by atoms with Crippen molar-refractivity contribution in [2.45, 2.75) is 102 Å². The van der Waals surface area contributed by atoms with Gasteiger partial charge in [-0.3, -0.25) is 15.0 Å². The van der Waals surface area contributed by atoms with E-state index in [1.807, 2.05) is 11.8 Å². The van der Waals surface area contributed by atoms with Gasteiger partial charge in [0.15, 0.2) is 0 Å². The lowest BCUT2D eigenvalue weighted by Gasteiger charge is -2.60. The normalized spacial score (nSPS) is 44.0. The van der Waals surface area contributed by atoms with Crippen molar-refractivity contribution in [3.63, 3.8) is 0 Å². The summed E-state index contributed by atoms with van der Waals surface area (Å²) in [5, 5.41) is 13.0. The molecule has 11 nitrogen and oxygen atoms in total. The number of piperazine rings is 1. The van der Waals surface area contributed by atoms with Crippen molar-refractivity contribution >= 4 is 11.9 Å². The van der Waals surface area contributed by atoms with E-state index in [1.54, 1.807) is 0 Å². The molecule has 0 aliphatic carbocycles. The third-order valence-electron chi connectivity index (χ3n) is 10.8. The molecule has 0 spiro atoms. The van der Waals surface area contributed by atoms with E-state index in [1.165, 1.54) is 6.08 Å².